The number of aryl methyl sites for hydroxylation is 1. The molecule has 1 saturated carbocycles. The molecule has 0 radical (unpaired) electrons. The molecule has 0 unspecified atom stereocenters. The van der Waals surface area contributed by atoms with Crippen molar-refractivity contribution in [3.63, 3.8) is 0 Å². The molecule has 0 bridgehead atoms. The second-order valence-electron chi connectivity index (χ2n) is 5.28. The van der Waals surface area contributed by atoms with Crippen molar-refractivity contribution in [2.45, 2.75) is 25.2 Å². The molecule has 0 N–H and O–H groups in total. The Balaban J connectivity index is 1.54. The Bertz CT molecular complexity index is 778. The molecule has 2 aromatic heterocycles. The second kappa shape index (κ2) is 4.80. The SMILES string of the molecule is Cc1cc(-c2noc([C@@H]3C[C@H]3c3ccc(Br)cc3)n2)no1. The third-order valence-electron chi connectivity index (χ3n) is 3.70. The van der Waals surface area contributed by atoms with Gasteiger partial charge in [-0.3, -0.25) is 0 Å². The molecule has 6 heteroatoms. The summed E-state index contributed by atoms with van der Waals surface area (Å²) >= 11 is 3.45. The first kappa shape index (κ1) is 12.8. The van der Waals surface area contributed by atoms with Gasteiger partial charge in [-0.25, -0.2) is 0 Å². The summed E-state index contributed by atoms with van der Waals surface area (Å²) in [6.07, 6.45) is 1.04. The predicted molar refractivity (Wildman–Crippen MR) is 78.8 cm³/mol. The van der Waals surface area contributed by atoms with Crippen molar-refractivity contribution in [2.75, 3.05) is 0 Å². The van der Waals surface area contributed by atoms with Crippen LogP contribution >= 0.6 is 15.9 Å². The van der Waals surface area contributed by atoms with Crippen LogP contribution in [0.25, 0.3) is 11.5 Å². The molecule has 0 spiro atoms. The molecule has 106 valence electrons. The highest BCUT2D eigenvalue weighted by Gasteiger charge is 2.43. The average Bonchev–Trinajstić information content (AvgIpc) is 2.92. The van der Waals surface area contributed by atoms with Gasteiger partial charge in [-0.05, 0) is 37.0 Å². The molecule has 1 fully saturated rings. The van der Waals surface area contributed by atoms with Crippen LogP contribution < -0.4 is 0 Å². The Morgan fingerprint density at radius 3 is 2.62 bits per heavy atom. The van der Waals surface area contributed by atoms with E-state index >= 15 is 0 Å². The van der Waals surface area contributed by atoms with Crippen LogP contribution in [0.1, 0.15) is 35.5 Å². The van der Waals surface area contributed by atoms with E-state index in [1.165, 1.54) is 5.56 Å². The van der Waals surface area contributed by atoms with Crippen LogP contribution in [-0.2, 0) is 0 Å². The molecule has 1 aliphatic rings. The van der Waals surface area contributed by atoms with Crippen LogP contribution in [0.5, 0.6) is 0 Å². The van der Waals surface area contributed by atoms with Crippen LogP contribution in [0.15, 0.2) is 43.9 Å². The van der Waals surface area contributed by atoms with Crippen LogP contribution in [0.4, 0.5) is 0 Å². The zero-order valence-corrected chi connectivity index (χ0v) is 12.9. The van der Waals surface area contributed by atoms with E-state index < -0.39 is 0 Å². The van der Waals surface area contributed by atoms with Crippen molar-refractivity contribution in [1.82, 2.24) is 15.3 Å². The molecular weight excluding hydrogens is 334 g/mol. The van der Waals surface area contributed by atoms with Crippen LogP contribution in [0, 0.1) is 6.92 Å². The third kappa shape index (κ3) is 2.40. The summed E-state index contributed by atoms with van der Waals surface area (Å²) in [5.41, 5.74) is 1.92. The molecule has 0 aliphatic heterocycles. The van der Waals surface area contributed by atoms with Gasteiger partial charge in [0.25, 0.3) is 0 Å². The third-order valence-corrected chi connectivity index (χ3v) is 4.23. The summed E-state index contributed by atoms with van der Waals surface area (Å²) in [6, 6.07) is 10.2. The van der Waals surface area contributed by atoms with Gasteiger partial charge >= 0.3 is 0 Å². The number of aromatic nitrogens is 3. The average molecular weight is 346 g/mol. The maximum atomic E-state index is 5.38. The summed E-state index contributed by atoms with van der Waals surface area (Å²) in [7, 11) is 0. The summed E-state index contributed by atoms with van der Waals surface area (Å²) in [4.78, 5) is 4.44. The highest BCUT2D eigenvalue weighted by atomic mass is 79.9. The minimum Gasteiger partial charge on any atom is -0.361 e. The van der Waals surface area contributed by atoms with E-state index in [9.17, 15) is 0 Å². The van der Waals surface area contributed by atoms with E-state index in [0.29, 0.717) is 29.2 Å². The number of halogens is 1. The zero-order chi connectivity index (χ0) is 14.4. The van der Waals surface area contributed by atoms with Gasteiger partial charge in [-0.2, -0.15) is 4.98 Å². The van der Waals surface area contributed by atoms with Gasteiger partial charge in [-0.15, -0.1) is 0 Å². The van der Waals surface area contributed by atoms with Crippen LogP contribution in [0.3, 0.4) is 0 Å². The van der Waals surface area contributed by atoms with Gasteiger partial charge in [0.1, 0.15) is 5.76 Å². The standard InChI is InChI=1S/C15H12BrN3O2/c1-8-6-13(18-20-8)14-17-15(21-19-14)12-7-11(12)9-2-4-10(16)5-3-9/h2-6,11-12H,7H2,1H3/t11-,12+/m0/s1. The lowest BCUT2D eigenvalue weighted by Crippen LogP contribution is -1.85. The molecular formula is C15H12BrN3O2. The number of nitrogens with zero attached hydrogens (tertiary/aromatic N) is 3. The molecule has 1 aliphatic carbocycles. The van der Waals surface area contributed by atoms with E-state index in [2.05, 4.69) is 55.5 Å². The molecule has 21 heavy (non-hydrogen) atoms. The van der Waals surface area contributed by atoms with Gasteiger partial charge in [0, 0.05) is 16.5 Å². The van der Waals surface area contributed by atoms with E-state index in [1.54, 1.807) is 6.07 Å². The molecule has 4 rings (SSSR count). The molecule has 0 amide bonds. The van der Waals surface area contributed by atoms with Crippen molar-refractivity contribution >= 4 is 15.9 Å². The highest BCUT2D eigenvalue weighted by molar-refractivity contribution is 9.10. The quantitative estimate of drug-likeness (QED) is 0.715. The Morgan fingerprint density at radius 2 is 1.90 bits per heavy atom. The Labute approximate surface area is 129 Å². The summed E-state index contributed by atoms with van der Waals surface area (Å²) < 4.78 is 11.5. The van der Waals surface area contributed by atoms with Gasteiger partial charge in [0.2, 0.25) is 11.7 Å². The topological polar surface area (TPSA) is 65.0 Å². The number of rotatable bonds is 3. The maximum absolute atomic E-state index is 5.38. The minimum absolute atomic E-state index is 0.306. The van der Waals surface area contributed by atoms with E-state index in [0.717, 1.165) is 16.7 Å². The fourth-order valence-corrected chi connectivity index (χ4v) is 2.77. The summed E-state index contributed by atoms with van der Waals surface area (Å²) in [5.74, 6) is 2.67. The minimum atomic E-state index is 0.306. The number of hydrogen-bond acceptors (Lipinski definition) is 5. The lowest BCUT2D eigenvalue weighted by Gasteiger charge is -1.98. The Morgan fingerprint density at radius 1 is 1.10 bits per heavy atom. The van der Waals surface area contributed by atoms with Gasteiger partial charge < -0.3 is 9.05 Å². The second-order valence-corrected chi connectivity index (χ2v) is 6.19. The molecule has 1 aromatic carbocycles. The predicted octanol–water partition coefficient (Wildman–Crippen LogP) is 4.07. The lowest BCUT2D eigenvalue weighted by atomic mass is 10.1. The van der Waals surface area contributed by atoms with E-state index in [-0.39, 0.29) is 0 Å². The molecule has 2 heterocycles. The first-order valence-electron chi connectivity index (χ1n) is 6.73. The van der Waals surface area contributed by atoms with Crippen LogP contribution in [-0.4, -0.2) is 15.3 Å². The number of hydrogen-bond donors (Lipinski definition) is 0. The fourth-order valence-electron chi connectivity index (χ4n) is 2.51. The molecule has 2 atom stereocenters. The summed E-state index contributed by atoms with van der Waals surface area (Å²) in [6.45, 7) is 1.84. The van der Waals surface area contributed by atoms with Crippen molar-refractivity contribution in [2.24, 2.45) is 0 Å². The van der Waals surface area contributed by atoms with Gasteiger partial charge in [0.05, 0.1) is 0 Å². The van der Waals surface area contributed by atoms with Crippen molar-refractivity contribution in [3.8, 4) is 11.5 Å². The van der Waals surface area contributed by atoms with Crippen LogP contribution in [0.2, 0.25) is 0 Å². The molecule has 3 aromatic rings. The van der Waals surface area contributed by atoms with Crippen molar-refractivity contribution in [1.29, 1.82) is 0 Å². The Hall–Kier alpha value is -1.95. The van der Waals surface area contributed by atoms with Gasteiger partial charge in [-0.1, -0.05) is 38.4 Å². The fraction of sp³-hybridized carbons (Fsp3) is 0.267. The highest BCUT2D eigenvalue weighted by Crippen LogP contribution is 2.54. The van der Waals surface area contributed by atoms with E-state index in [1.807, 2.05) is 6.92 Å². The maximum Gasteiger partial charge on any atom is 0.230 e. The largest absolute Gasteiger partial charge is 0.361 e. The normalized spacial score (nSPS) is 20.7. The first-order chi connectivity index (χ1) is 10.2. The number of benzene rings is 1. The molecule has 5 nitrogen and oxygen atoms in total. The molecule has 0 saturated heterocycles. The first-order valence-corrected chi connectivity index (χ1v) is 7.53. The Kier molecular flexibility index (Phi) is 2.92. The lowest BCUT2D eigenvalue weighted by molar-refractivity contribution is 0.376. The smallest absolute Gasteiger partial charge is 0.230 e. The zero-order valence-electron chi connectivity index (χ0n) is 11.3. The monoisotopic (exact) mass is 345 g/mol. The van der Waals surface area contributed by atoms with E-state index in [4.69, 9.17) is 9.05 Å². The van der Waals surface area contributed by atoms with Crippen molar-refractivity contribution in [3.05, 3.63) is 52.0 Å². The van der Waals surface area contributed by atoms with Crippen molar-refractivity contribution < 1.29 is 9.05 Å². The summed E-state index contributed by atoms with van der Waals surface area (Å²) in [5, 5.41) is 7.89. The van der Waals surface area contributed by atoms with Gasteiger partial charge in [0.15, 0.2) is 5.69 Å².